The number of nitrogens with zero attached hydrogens (tertiary/aromatic N) is 1. The van der Waals surface area contributed by atoms with Crippen LogP contribution in [0.25, 0.3) is 0 Å². The zero-order chi connectivity index (χ0) is 15.5. The van der Waals surface area contributed by atoms with Gasteiger partial charge in [0.15, 0.2) is 0 Å². The number of ether oxygens (including phenoxy) is 1. The summed E-state index contributed by atoms with van der Waals surface area (Å²) in [6.45, 7) is 6.46. The molecule has 0 spiro atoms. The predicted molar refractivity (Wildman–Crippen MR) is 87.2 cm³/mol. The molecule has 2 aromatic rings. The molecule has 3 nitrogen and oxygen atoms in total. The van der Waals surface area contributed by atoms with E-state index >= 15 is 0 Å². The van der Waals surface area contributed by atoms with Crippen molar-refractivity contribution >= 4 is 11.3 Å². The summed E-state index contributed by atoms with van der Waals surface area (Å²) in [5.41, 5.74) is 2.27. The van der Waals surface area contributed by atoms with Crippen molar-refractivity contribution in [1.82, 2.24) is 4.98 Å². The first-order valence-corrected chi connectivity index (χ1v) is 8.02. The van der Waals surface area contributed by atoms with Crippen molar-refractivity contribution in [3.8, 4) is 5.75 Å². The Morgan fingerprint density at radius 3 is 2.38 bits per heavy atom. The quantitative estimate of drug-likeness (QED) is 0.918. The van der Waals surface area contributed by atoms with Gasteiger partial charge in [-0.25, -0.2) is 4.98 Å². The Balaban J connectivity index is 1.94. The molecule has 21 heavy (non-hydrogen) atoms. The van der Waals surface area contributed by atoms with Gasteiger partial charge >= 0.3 is 0 Å². The van der Waals surface area contributed by atoms with Crippen LogP contribution in [0.1, 0.15) is 37.0 Å². The average molecular weight is 305 g/mol. The summed E-state index contributed by atoms with van der Waals surface area (Å²) in [5, 5.41) is 13.3. The van der Waals surface area contributed by atoms with Crippen LogP contribution in [0.5, 0.6) is 5.75 Å². The zero-order valence-electron chi connectivity index (χ0n) is 13.1. The third-order valence-electron chi connectivity index (χ3n) is 3.36. The van der Waals surface area contributed by atoms with Crippen LogP contribution in [0.2, 0.25) is 0 Å². The Kier molecular flexibility index (Phi) is 5.01. The van der Waals surface area contributed by atoms with Gasteiger partial charge in [0.1, 0.15) is 5.75 Å². The third kappa shape index (κ3) is 4.55. The second kappa shape index (κ2) is 6.58. The van der Waals surface area contributed by atoms with Crippen LogP contribution in [0, 0.1) is 0 Å². The van der Waals surface area contributed by atoms with Gasteiger partial charge < -0.3 is 9.84 Å². The molecule has 0 aliphatic rings. The van der Waals surface area contributed by atoms with Crippen molar-refractivity contribution < 1.29 is 9.84 Å². The zero-order valence-corrected chi connectivity index (χ0v) is 13.9. The number of thiazole rings is 1. The fourth-order valence-corrected chi connectivity index (χ4v) is 3.15. The van der Waals surface area contributed by atoms with Crippen LogP contribution in [-0.2, 0) is 18.3 Å². The molecule has 114 valence electrons. The highest BCUT2D eigenvalue weighted by Gasteiger charge is 2.18. The third-order valence-corrected chi connectivity index (χ3v) is 4.23. The highest BCUT2D eigenvalue weighted by molar-refractivity contribution is 7.09. The molecule has 1 heterocycles. The fourth-order valence-electron chi connectivity index (χ4n) is 2.06. The van der Waals surface area contributed by atoms with E-state index in [1.54, 1.807) is 18.4 Å². The minimum Gasteiger partial charge on any atom is -0.497 e. The standard InChI is InChI=1S/C17H23NO2S/c1-17(2,3)15-11-21-16(18-15)10-13(19)9-12-5-7-14(20-4)8-6-12/h5-8,11,13,19H,9-10H2,1-4H3. The molecule has 0 bridgehead atoms. The van der Waals surface area contributed by atoms with Gasteiger partial charge in [-0.05, 0) is 24.1 Å². The monoisotopic (exact) mass is 305 g/mol. The van der Waals surface area contributed by atoms with Crippen LogP contribution in [0.3, 0.4) is 0 Å². The number of hydrogen-bond donors (Lipinski definition) is 1. The predicted octanol–water partition coefficient (Wildman–Crippen LogP) is 3.60. The number of rotatable bonds is 5. The van der Waals surface area contributed by atoms with Crippen LogP contribution in [0.4, 0.5) is 0 Å². The van der Waals surface area contributed by atoms with Gasteiger partial charge in [0.25, 0.3) is 0 Å². The van der Waals surface area contributed by atoms with Crippen molar-refractivity contribution in [3.05, 3.63) is 45.9 Å². The maximum atomic E-state index is 10.2. The Hall–Kier alpha value is -1.39. The SMILES string of the molecule is COc1ccc(CC(O)Cc2nc(C(C)(C)C)cs2)cc1. The van der Waals surface area contributed by atoms with Gasteiger partial charge in [-0.2, -0.15) is 0 Å². The molecule has 1 aromatic heterocycles. The summed E-state index contributed by atoms with van der Waals surface area (Å²) < 4.78 is 5.13. The van der Waals surface area contributed by atoms with Crippen molar-refractivity contribution in [2.75, 3.05) is 7.11 Å². The van der Waals surface area contributed by atoms with Crippen molar-refractivity contribution in [2.24, 2.45) is 0 Å². The first-order valence-electron chi connectivity index (χ1n) is 7.14. The topological polar surface area (TPSA) is 42.4 Å². The Morgan fingerprint density at radius 2 is 1.86 bits per heavy atom. The van der Waals surface area contributed by atoms with E-state index in [-0.39, 0.29) is 5.41 Å². The van der Waals surface area contributed by atoms with Gasteiger partial charge in [0.05, 0.1) is 23.9 Å². The Labute approximate surface area is 130 Å². The van der Waals surface area contributed by atoms with Crippen molar-refractivity contribution in [3.63, 3.8) is 0 Å². The number of aliphatic hydroxyl groups is 1. The lowest BCUT2D eigenvalue weighted by atomic mass is 9.93. The van der Waals surface area contributed by atoms with E-state index in [4.69, 9.17) is 4.74 Å². The van der Waals surface area contributed by atoms with E-state index < -0.39 is 6.10 Å². The number of aliphatic hydroxyl groups excluding tert-OH is 1. The second-order valence-corrected chi connectivity index (χ2v) is 7.23. The molecule has 0 fully saturated rings. The molecule has 0 aliphatic carbocycles. The fraction of sp³-hybridized carbons (Fsp3) is 0.471. The lowest BCUT2D eigenvalue weighted by molar-refractivity contribution is 0.175. The first-order chi connectivity index (χ1) is 9.88. The van der Waals surface area contributed by atoms with Crippen LogP contribution < -0.4 is 4.74 Å². The van der Waals surface area contributed by atoms with Gasteiger partial charge in [0.2, 0.25) is 0 Å². The summed E-state index contributed by atoms with van der Waals surface area (Å²) in [5.74, 6) is 0.836. The summed E-state index contributed by atoms with van der Waals surface area (Å²) in [7, 11) is 1.65. The first kappa shape index (κ1) is 16.0. The molecule has 0 saturated heterocycles. The van der Waals surface area contributed by atoms with Gasteiger partial charge in [0, 0.05) is 17.2 Å². The second-order valence-electron chi connectivity index (χ2n) is 6.29. The van der Waals surface area contributed by atoms with Crippen LogP contribution in [0.15, 0.2) is 29.6 Å². The molecule has 0 saturated carbocycles. The summed E-state index contributed by atoms with van der Waals surface area (Å²) in [6.07, 6.45) is 0.832. The van der Waals surface area contributed by atoms with Crippen molar-refractivity contribution in [2.45, 2.75) is 45.1 Å². The van der Waals surface area contributed by atoms with Crippen molar-refractivity contribution in [1.29, 1.82) is 0 Å². The highest BCUT2D eigenvalue weighted by Crippen LogP contribution is 2.24. The maximum Gasteiger partial charge on any atom is 0.118 e. The molecular formula is C17H23NO2S. The highest BCUT2D eigenvalue weighted by atomic mass is 32.1. The summed E-state index contributed by atoms with van der Waals surface area (Å²) >= 11 is 1.63. The molecule has 1 N–H and O–H groups in total. The lowest BCUT2D eigenvalue weighted by Gasteiger charge is -2.14. The normalized spacial score (nSPS) is 13.2. The molecule has 4 heteroatoms. The lowest BCUT2D eigenvalue weighted by Crippen LogP contribution is -2.15. The minimum absolute atomic E-state index is 0.0652. The maximum absolute atomic E-state index is 10.2. The van der Waals surface area contributed by atoms with E-state index in [9.17, 15) is 5.11 Å². The summed E-state index contributed by atoms with van der Waals surface area (Å²) in [6, 6.07) is 7.82. The van der Waals surface area contributed by atoms with Crippen LogP contribution in [-0.4, -0.2) is 23.3 Å². The van der Waals surface area contributed by atoms with E-state index in [2.05, 4.69) is 31.1 Å². The van der Waals surface area contributed by atoms with E-state index in [0.29, 0.717) is 12.8 Å². The molecule has 1 atom stereocenters. The number of hydrogen-bond acceptors (Lipinski definition) is 4. The summed E-state index contributed by atoms with van der Waals surface area (Å²) in [4.78, 5) is 4.63. The van der Waals surface area contributed by atoms with Gasteiger partial charge in [-0.15, -0.1) is 11.3 Å². The number of methoxy groups -OCH3 is 1. The molecule has 0 amide bonds. The molecule has 0 radical (unpaired) electrons. The van der Waals surface area contributed by atoms with Crippen LogP contribution >= 0.6 is 11.3 Å². The average Bonchev–Trinajstić information content (AvgIpc) is 2.88. The Morgan fingerprint density at radius 1 is 1.19 bits per heavy atom. The molecule has 0 aliphatic heterocycles. The smallest absolute Gasteiger partial charge is 0.118 e. The largest absolute Gasteiger partial charge is 0.497 e. The van der Waals surface area contributed by atoms with Gasteiger partial charge in [-0.3, -0.25) is 0 Å². The number of benzene rings is 1. The Bertz CT molecular complexity index is 569. The van der Waals surface area contributed by atoms with E-state index in [1.807, 2.05) is 24.3 Å². The molecule has 2 rings (SSSR count). The molecular weight excluding hydrogens is 282 g/mol. The van der Waals surface area contributed by atoms with E-state index in [0.717, 1.165) is 22.0 Å². The molecule has 1 unspecified atom stereocenters. The number of aromatic nitrogens is 1. The molecule has 1 aromatic carbocycles. The minimum atomic E-state index is -0.405. The van der Waals surface area contributed by atoms with Gasteiger partial charge in [-0.1, -0.05) is 32.9 Å². The van der Waals surface area contributed by atoms with E-state index in [1.165, 1.54) is 0 Å².